The first-order valence-corrected chi connectivity index (χ1v) is 7.14. The van der Waals surface area contributed by atoms with Gasteiger partial charge in [-0.05, 0) is 24.3 Å². The highest BCUT2D eigenvalue weighted by Crippen LogP contribution is 2.20. The molecule has 8 heteroatoms. The van der Waals surface area contributed by atoms with Crippen molar-refractivity contribution in [2.75, 3.05) is 5.73 Å². The highest BCUT2D eigenvalue weighted by Gasteiger charge is 2.13. The van der Waals surface area contributed by atoms with Crippen LogP contribution < -0.4 is 10.5 Å². The monoisotopic (exact) mass is 325 g/mol. The highest BCUT2D eigenvalue weighted by atomic mass is 19.1. The van der Waals surface area contributed by atoms with Gasteiger partial charge < -0.3 is 14.9 Å². The lowest BCUT2D eigenvalue weighted by atomic mass is 10.3. The van der Waals surface area contributed by atoms with Crippen LogP contribution in [0.3, 0.4) is 0 Å². The van der Waals surface area contributed by atoms with Crippen LogP contribution in [0.15, 0.2) is 53.1 Å². The van der Waals surface area contributed by atoms with Crippen LogP contribution >= 0.6 is 0 Å². The molecule has 0 spiro atoms. The molecule has 24 heavy (non-hydrogen) atoms. The molecule has 0 bridgehead atoms. The first kappa shape index (κ1) is 14.2. The predicted octanol–water partition coefficient (Wildman–Crippen LogP) is 2.68. The summed E-state index contributed by atoms with van der Waals surface area (Å²) in [6, 6.07) is 11.3. The largest absolute Gasteiger partial charge is 0.484 e. The summed E-state index contributed by atoms with van der Waals surface area (Å²) in [6.45, 7) is 0.0601. The van der Waals surface area contributed by atoms with Gasteiger partial charge in [0, 0.05) is 6.07 Å². The summed E-state index contributed by atoms with van der Waals surface area (Å²) >= 11 is 0. The summed E-state index contributed by atoms with van der Waals surface area (Å²) in [6.07, 6.45) is 1.54. The van der Waals surface area contributed by atoms with Gasteiger partial charge in [-0.25, -0.2) is 14.4 Å². The van der Waals surface area contributed by atoms with Crippen molar-refractivity contribution in [3.63, 3.8) is 0 Å². The fraction of sp³-hybridized carbons (Fsp3) is 0.0625. The molecule has 0 amide bonds. The molecule has 0 fully saturated rings. The standard InChI is InChI=1S/C16H12FN5O2/c17-11-4-1-2-5-12(11)24-9-10-8-14-20-15(13-6-3-7-23-13)21-22(14)16(18)19-10/h1-8H,9H2,(H2,18,19). The van der Waals surface area contributed by atoms with E-state index in [0.717, 1.165) is 0 Å². The first-order chi connectivity index (χ1) is 11.7. The van der Waals surface area contributed by atoms with Crippen LogP contribution in [0.4, 0.5) is 10.3 Å². The normalized spacial score (nSPS) is 11.0. The Morgan fingerprint density at radius 1 is 1.17 bits per heavy atom. The van der Waals surface area contributed by atoms with E-state index in [9.17, 15) is 4.39 Å². The number of nitrogens with two attached hydrogens (primary N) is 1. The van der Waals surface area contributed by atoms with Crippen molar-refractivity contribution in [3.8, 4) is 17.3 Å². The third-order valence-electron chi connectivity index (χ3n) is 3.36. The molecular weight excluding hydrogens is 313 g/mol. The van der Waals surface area contributed by atoms with E-state index in [2.05, 4.69) is 15.1 Å². The average Bonchev–Trinajstić information content (AvgIpc) is 3.23. The number of nitrogens with zero attached hydrogens (tertiary/aromatic N) is 4. The number of hydrogen-bond acceptors (Lipinski definition) is 6. The van der Waals surface area contributed by atoms with Crippen molar-refractivity contribution >= 4 is 11.6 Å². The predicted molar refractivity (Wildman–Crippen MR) is 83.6 cm³/mol. The first-order valence-electron chi connectivity index (χ1n) is 7.14. The van der Waals surface area contributed by atoms with Gasteiger partial charge in [-0.1, -0.05) is 12.1 Å². The maximum Gasteiger partial charge on any atom is 0.223 e. The van der Waals surface area contributed by atoms with Crippen molar-refractivity contribution in [2.45, 2.75) is 6.61 Å². The zero-order valence-corrected chi connectivity index (χ0v) is 12.4. The van der Waals surface area contributed by atoms with Gasteiger partial charge in [0.25, 0.3) is 0 Å². The molecule has 7 nitrogen and oxygen atoms in total. The van der Waals surface area contributed by atoms with E-state index in [1.807, 2.05) is 0 Å². The Morgan fingerprint density at radius 2 is 2.04 bits per heavy atom. The van der Waals surface area contributed by atoms with Crippen molar-refractivity contribution in [1.29, 1.82) is 0 Å². The molecule has 0 aliphatic carbocycles. The summed E-state index contributed by atoms with van der Waals surface area (Å²) in [5, 5.41) is 4.25. The number of ether oxygens (including phenoxy) is 1. The fourth-order valence-electron chi connectivity index (χ4n) is 2.26. The number of rotatable bonds is 4. The minimum Gasteiger partial charge on any atom is -0.484 e. The van der Waals surface area contributed by atoms with Crippen molar-refractivity contribution < 1.29 is 13.5 Å². The van der Waals surface area contributed by atoms with E-state index in [1.54, 1.807) is 36.4 Å². The van der Waals surface area contributed by atoms with Crippen LogP contribution in [0.25, 0.3) is 17.2 Å². The number of nitrogen functional groups attached to an aromatic ring is 1. The highest BCUT2D eigenvalue weighted by molar-refractivity contribution is 5.54. The van der Waals surface area contributed by atoms with E-state index in [4.69, 9.17) is 14.9 Å². The van der Waals surface area contributed by atoms with Gasteiger partial charge in [0.2, 0.25) is 11.8 Å². The molecule has 3 heterocycles. The smallest absolute Gasteiger partial charge is 0.223 e. The average molecular weight is 325 g/mol. The van der Waals surface area contributed by atoms with Gasteiger partial charge in [0.15, 0.2) is 23.0 Å². The Hall–Kier alpha value is -3.42. The van der Waals surface area contributed by atoms with Crippen LogP contribution in [0, 0.1) is 5.82 Å². The van der Waals surface area contributed by atoms with E-state index in [-0.39, 0.29) is 18.3 Å². The topological polar surface area (TPSA) is 91.5 Å². The molecule has 0 saturated heterocycles. The lowest BCUT2D eigenvalue weighted by Gasteiger charge is -2.07. The van der Waals surface area contributed by atoms with Crippen LogP contribution in [0.1, 0.15) is 5.69 Å². The third kappa shape index (κ3) is 2.54. The summed E-state index contributed by atoms with van der Waals surface area (Å²) in [5.74, 6) is 0.803. The molecule has 3 aromatic heterocycles. The molecule has 0 unspecified atom stereocenters. The molecular formula is C16H12FN5O2. The van der Waals surface area contributed by atoms with Gasteiger partial charge >= 0.3 is 0 Å². The van der Waals surface area contributed by atoms with Crippen LogP contribution in [-0.4, -0.2) is 19.6 Å². The minimum atomic E-state index is -0.436. The fourth-order valence-corrected chi connectivity index (χ4v) is 2.26. The van der Waals surface area contributed by atoms with Gasteiger partial charge in [0.1, 0.15) is 6.61 Å². The van der Waals surface area contributed by atoms with Gasteiger partial charge in [0.05, 0.1) is 12.0 Å². The molecule has 1 aromatic carbocycles. The second-order valence-corrected chi connectivity index (χ2v) is 5.01. The van der Waals surface area contributed by atoms with Crippen LogP contribution in [-0.2, 0) is 6.61 Å². The number of anilines is 1. The van der Waals surface area contributed by atoms with Crippen LogP contribution in [0.2, 0.25) is 0 Å². The van der Waals surface area contributed by atoms with Gasteiger partial charge in [-0.3, -0.25) is 0 Å². The van der Waals surface area contributed by atoms with Crippen LogP contribution in [0.5, 0.6) is 5.75 Å². The number of aromatic nitrogens is 4. The number of hydrogen-bond donors (Lipinski definition) is 1. The quantitative estimate of drug-likeness (QED) is 0.620. The van der Waals surface area contributed by atoms with Gasteiger partial charge in [-0.15, -0.1) is 5.10 Å². The SMILES string of the molecule is Nc1nc(COc2ccccc2F)cc2nc(-c3ccco3)nn12. The molecule has 0 aliphatic rings. The number of benzene rings is 1. The second kappa shape index (κ2) is 5.65. The lowest BCUT2D eigenvalue weighted by molar-refractivity contribution is 0.286. The molecule has 2 N–H and O–H groups in total. The summed E-state index contributed by atoms with van der Waals surface area (Å²) < 4.78 is 25.7. The summed E-state index contributed by atoms with van der Waals surface area (Å²) in [7, 11) is 0. The molecule has 0 radical (unpaired) electrons. The molecule has 0 atom stereocenters. The zero-order valence-electron chi connectivity index (χ0n) is 12.4. The Morgan fingerprint density at radius 3 is 2.83 bits per heavy atom. The second-order valence-electron chi connectivity index (χ2n) is 5.01. The minimum absolute atomic E-state index is 0.0601. The van der Waals surface area contributed by atoms with Gasteiger partial charge in [-0.2, -0.15) is 4.52 Å². The number of halogens is 1. The Balaban J connectivity index is 1.64. The molecule has 0 saturated carbocycles. The Kier molecular flexibility index (Phi) is 3.34. The van der Waals surface area contributed by atoms with E-state index in [1.165, 1.54) is 16.8 Å². The van der Waals surface area contributed by atoms with Crippen molar-refractivity contribution in [2.24, 2.45) is 0 Å². The zero-order chi connectivity index (χ0) is 16.5. The summed E-state index contributed by atoms with van der Waals surface area (Å²) in [5.41, 5.74) is 6.93. The maximum atomic E-state index is 13.6. The molecule has 120 valence electrons. The number of furan rings is 1. The van der Waals surface area contributed by atoms with E-state index < -0.39 is 5.82 Å². The molecule has 4 aromatic rings. The molecule has 0 aliphatic heterocycles. The van der Waals surface area contributed by atoms with Crippen molar-refractivity contribution in [3.05, 3.63) is 60.2 Å². The number of fused-ring (bicyclic) bond motifs is 1. The Bertz CT molecular complexity index is 997. The lowest BCUT2D eigenvalue weighted by Crippen LogP contribution is -2.07. The summed E-state index contributed by atoms with van der Waals surface area (Å²) in [4.78, 5) is 8.56. The Labute approximate surface area is 135 Å². The van der Waals surface area contributed by atoms with E-state index >= 15 is 0 Å². The van der Waals surface area contributed by atoms with Crippen molar-refractivity contribution in [1.82, 2.24) is 19.6 Å². The number of para-hydroxylation sites is 1. The third-order valence-corrected chi connectivity index (χ3v) is 3.36. The van der Waals surface area contributed by atoms with E-state index in [0.29, 0.717) is 22.9 Å². The maximum absolute atomic E-state index is 13.6. The molecule has 4 rings (SSSR count).